The van der Waals surface area contributed by atoms with Crippen molar-refractivity contribution in [2.24, 2.45) is 0 Å². The van der Waals surface area contributed by atoms with Gasteiger partial charge < -0.3 is 19.7 Å². The van der Waals surface area contributed by atoms with E-state index in [0.717, 1.165) is 11.1 Å². The zero-order valence-corrected chi connectivity index (χ0v) is 23.5. The Bertz CT molecular complexity index is 1360. The third kappa shape index (κ3) is 6.60. The molecule has 2 atom stereocenters. The molecule has 1 aromatic heterocycles. The zero-order chi connectivity index (χ0) is 29.2. The van der Waals surface area contributed by atoms with E-state index in [0.29, 0.717) is 28.1 Å². The molecule has 1 aliphatic heterocycles. The smallest absolute Gasteiger partial charge is 0.405 e. The number of aliphatic hydroxyl groups is 1. The SMILES string of the molecule is COc1ccc(-c2cccc(-c3nc(C(=O)NCC(F)(F)F)cc4c3[C@H](CCO)N([S+]([O-])C(C)(C)C)C4)c2)cc1. The van der Waals surface area contributed by atoms with Crippen LogP contribution in [0.1, 0.15) is 54.8 Å². The summed E-state index contributed by atoms with van der Waals surface area (Å²) >= 11 is -1.47. The molecular weight excluding hydrogens is 543 g/mol. The first-order valence-corrected chi connectivity index (χ1v) is 13.9. The highest BCUT2D eigenvalue weighted by molar-refractivity contribution is 7.90. The van der Waals surface area contributed by atoms with Gasteiger partial charge in [0.25, 0.3) is 5.91 Å². The van der Waals surface area contributed by atoms with E-state index < -0.39 is 40.8 Å². The van der Waals surface area contributed by atoms with Crippen LogP contribution >= 0.6 is 0 Å². The van der Waals surface area contributed by atoms with Crippen LogP contribution in [0, 0.1) is 0 Å². The first-order chi connectivity index (χ1) is 18.8. The Kier molecular flexibility index (Phi) is 8.79. The lowest BCUT2D eigenvalue weighted by molar-refractivity contribution is -0.123. The van der Waals surface area contributed by atoms with E-state index in [2.05, 4.69) is 4.98 Å². The predicted octanol–water partition coefficient (Wildman–Crippen LogP) is 5.42. The molecule has 0 radical (unpaired) electrons. The summed E-state index contributed by atoms with van der Waals surface area (Å²) in [4.78, 5) is 17.4. The van der Waals surface area contributed by atoms with Crippen LogP contribution in [0.5, 0.6) is 5.75 Å². The number of pyridine rings is 1. The second-order valence-electron chi connectivity index (χ2n) is 10.5. The van der Waals surface area contributed by atoms with E-state index in [-0.39, 0.29) is 25.3 Å². The fraction of sp³-hybridized carbons (Fsp3) is 0.379. The van der Waals surface area contributed by atoms with Crippen LogP contribution in [0.3, 0.4) is 0 Å². The number of nitrogens with one attached hydrogen (secondary N) is 1. The van der Waals surface area contributed by atoms with E-state index in [9.17, 15) is 27.6 Å². The lowest BCUT2D eigenvalue weighted by Gasteiger charge is -2.33. The van der Waals surface area contributed by atoms with Gasteiger partial charge in [0.2, 0.25) is 0 Å². The highest BCUT2D eigenvalue weighted by Crippen LogP contribution is 2.45. The van der Waals surface area contributed by atoms with Gasteiger partial charge in [0.15, 0.2) is 0 Å². The molecule has 0 aliphatic carbocycles. The molecule has 0 fully saturated rings. The monoisotopic (exact) mass is 575 g/mol. The summed E-state index contributed by atoms with van der Waals surface area (Å²) in [5.41, 5.74) is 3.96. The number of aliphatic hydroxyl groups excluding tert-OH is 1. The third-order valence-corrected chi connectivity index (χ3v) is 8.39. The molecule has 1 unspecified atom stereocenters. The maximum absolute atomic E-state index is 13.5. The van der Waals surface area contributed by atoms with Gasteiger partial charge in [0, 0.05) is 29.1 Å². The molecule has 1 amide bonds. The van der Waals surface area contributed by atoms with Crippen LogP contribution in [-0.4, -0.2) is 56.0 Å². The molecular formula is C29H32F3N3O4S. The van der Waals surface area contributed by atoms with Crippen molar-refractivity contribution < 1.29 is 32.4 Å². The number of benzene rings is 2. The van der Waals surface area contributed by atoms with Crippen molar-refractivity contribution in [3.05, 3.63) is 71.4 Å². The van der Waals surface area contributed by atoms with Crippen LogP contribution in [0.15, 0.2) is 54.6 Å². The molecule has 214 valence electrons. The topological polar surface area (TPSA) is 97.8 Å². The first-order valence-electron chi connectivity index (χ1n) is 12.8. The van der Waals surface area contributed by atoms with E-state index >= 15 is 0 Å². The number of carbonyl (C=O) groups is 1. The van der Waals surface area contributed by atoms with Crippen LogP contribution in [0.4, 0.5) is 13.2 Å². The molecule has 7 nitrogen and oxygen atoms in total. The largest absolute Gasteiger partial charge is 0.597 e. The number of rotatable bonds is 8. The number of halogens is 3. The van der Waals surface area contributed by atoms with Crippen molar-refractivity contribution in [1.82, 2.24) is 14.6 Å². The van der Waals surface area contributed by atoms with Crippen LogP contribution in [0.2, 0.25) is 0 Å². The molecule has 0 spiro atoms. The number of amides is 1. The minimum Gasteiger partial charge on any atom is -0.597 e. The van der Waals surface area contributed by atoms with Crippen molar-refractivity contribution in [2.45, 2.75) is 50.7 Å². The summed E-state index contributed by atoms with van der Waals surface area (Å²) in [6.45, 7) is 4.05. The van der Waals surface area contributed by atoms with E-state index in [1.807, 2.05) is 74.6 Å². The van der Waals surface area contributed by atoms with Gasteiger partial charge in [-0.25, -0.2) is 4.98 Å². The number of ether oxygens (including phenoxy) is 1. The standard InChI is InChI=1S/C29H32F3N3O4S/c1-28(2,3)40(38)35-16-21-15-23(27(37)33-17-29(30,31)32)34-26(25(21)24(35)12-13-36)20-7-5-6-19(14-20)18-8-10-22(39-4)11-9-18/h5-11,14-15,24,36H,12-13,16-17H2,1-4H3,(H,33,37)/t24-,40?/m0/s1. The highest BCUT2D eigenvalue weighted by Gasteiger charge is 2.45. The first kappa shape index (κ1) is 29.9. The fourth-order valence-corrected chi connectivity index (χ4v) is 6.11. The van der Waals surface area contributed by atoms with E-state index in [1.165, 1.54) is 6.07 Å². The number of nitrogens with zero attached hydrogens (tertiary/aromatic N) is 2. The van der Waals surface area contributed by atoms with Gasteiger partial charge in [-0.1, -0.05) is 30.3 Å². The van der Waals surface area contributed by atoms with Gasteiger partial charge in [-0.05, 0) is 68.1 Å². The van der Waals surface area contributed by atoms with Crippen LogP contribution in [-0.2, 0) is 17.9 Å². The van der Waals surface area contributed by atoms with Gasteiger partial charge in [-0.15, -0.1) is 4.31 Å². The van der Waals surface area contributed by atoms with Crippen LogP contribution in [0.25, 0.3) is 22.4 Å². The van der Waals surface area contributed by atoms with Crippen molar-refractivity contribution in [3.63, 3.8) is 0 Å². The number of aromatic nitrogens is 1. The number of carbonyl (C=O) groups excluding carboxylic acids is 1. The summed E-state index contributed by atoms with van der Waals surface area (Å²) < 4.78 is 58.4. The Morgan fingerprint density at radius 2 is 1.80 bits per heavy atom. The Morgan fingerprint density at radius 1 is 1.12 bits per heavy atom. The average Bonchev–Trinajstić information content (AvgIpc) is 3.28. The molecule has 0 saturated carbocycles. The van der Waals surface area contributed by atoms with E-state index in [1.54, 1.807) is 11.4 Å². The zero-order valence-electron chi connectivity index (χ0n) is 22.7. The number of hydrogen-bond acceptors (Lipinski definition) is 6. The molecule has 0 saturated heterocycles. The quantitative estimate of drug-likeness (QED) is 0.349. The molecule has 2 aromatic carbocycles. The van der Waals surface area contributed by atoms with Crippen LogP contribution < -0.4 is 10.1 Å². The second kappa shape index (κ2) is 11.8. The predicted molar refractivity (Wildman–Crippen MR) is 148 cm³/mol. The second-order valence-corrected chi connectivity index (χ2v) is 12.7. The lowest BCUT2D eigenvalue weighted by Crippen LogP contribution is -2.42. The summed E-state index contributed by atoms with van der Waals surface area (Å²) in [6.07, 6.45) is -4.31. The Morgan fingerprint density at radius 3 is 2.40 bits per heavy atom. The Balaban J connectivity index is 1.85. The highest BCUT2D eigenvalue weighted by atomic mass is 32.2. The van der Waals surface area contributed by atoms with Crippen molar-refractivity contribution in [1.29, 1.82) is 0 Å². The molecule has 0 bridgehead atoms. The molecule has 2 N–H and O–H groups in total. The summed E-state index contributed by atoms with van der Waals surface area (Å²) in [5.74, 6) is -0.252. The maximum Gasteiger partial charge on any atom is 0.405 e. The fourth-order valence-electron chi connectivity index (χ4n) is 4.71. The normalized spacial score (nSPS) is 16.5. The average molecular weight is 576 g/mol. The summed E-state index contributed by atoms with van der Waals surface area (Å²) in [5, 5.41) is 11.8. The molecule has 3 aromatic rings. The van der Waals surface area contributed by atoms with Crippen molar-refractivity contribution in [3.8, 4) is 28.1 Å². The van der Waals surface area contributed by atoms with Crippen molar-refractivity contribution >= 4 is 17.3 Å². The summed E-state index contributed by atoms with van der Waals surface area (Å²) in [6, 6.07) is 15.9. The molecule has 40 heavy (non-hydrogen) atoms. The minimum absolute atomic E-state index is 0.168. The number of fused-ring (bicyclic) bond motifs is 1. The van der Waals surface area contributed by atoms with Gasteiger partial charge in [-0.3, -0.25) is 4.79 Å². The Labute approximate surface area is 234 Å². The molecule has 2 heterocycles. The Hall–Kier alpha value is -3.12. The number of methoxy groups -OCH3 is 1. The molecule has 1 aliphatic rings. The van der Waals surface area contributed by atoms with Gasteiger partial charge in [0.1, 0.15) is 22.7 Å². The van der Waals surface area contributed by atoms with Gasteiger partial charge >= 0.3 is 6.18 Å². The van der Waals surface area contributed by atoms with Gasteiger partial charge in [-0.2, -0.15) is 13.2 Å². The van der Waals surface area contributed by atoms with Gasteiger partial charge in [0.05, 0.1) is 25.4 Å². The summed E-state index contributed by atoms with van der Waals surface area (Å²) in [7, 11) is 1.58. The third-order valence-electron chi connectivity index (χ3n) is 6.53. The molecule has 11 heteroatoms. The lowest BCUT2D eigenvalue weighted by atomic mass is 9.94. The van der Waals surface area contributed by atoms with E-state index in [4.69, 9.17) is 4.74 Å². The number of hydrogen-bond donors (Lipinski definition) is 2. The minimum atomic E-state index is -4.57. The number of alkyl halides is 3. The van der Waals surface area contributed by atoms with Crippen molar-refractivity contribution in [2.75, 3.05) is 20.3 Å². The molecule has 4 rings (SSSR count). The maximum atomic E-state index is 13.5.